The molecule has 0 bridgehead atoms. The first-order chi connectivity index (χ1) is 10.1. The van der Waals surface area contributed by atoms with Crippen LogP contribution in [0.2, 0.25) is 0 Å². The van der Waals surface area contributed by atoms with Gasteiger partial charge < -0.3 is 14.9 Å². The number of anilines is 1. The number of likely N-dealkylation sites (N-methyl/N-ethyl adjacent to an activating group) is 1. The van der Waals surface area contributed by atoms with Crippen LogP contribution in [-0.2, 0) is 0 Å². The van der Waals surface area contributed by atoms with Gasteiger partial charge in [0.15, 0.2) is 12.1 Å². The highest BCUT2D eigenvalue weighted by Gasteiger charge is 2.34. The molecule has 3 rings (SSSR count). The summed E-state index contributed by atoms with van der Waals surface area (Å²) in [7, 11) is 4.01. The molecule has 6 heteroatoms. The smallest absolute Gasteiger partial charge is 0.170 e. The third kappa shape index (κ3) is 2.52. The molecule has 1 aliphatic heterocycles. The number of aromatic nitrogens is 2. The number of rotatable bonds is 4. The number of hydrogen-bond acceptors (Lipinski definition) is 5. The molecule has 21 heavy (non-hydrogen) atoms. The standard InChI is InChI=1S/C15H20N4O2/c1-17(2)8-11-7-12(21)9-19(11)15-13(10-20)18-6-4-3-5-14(18)16-15/h3-6,10-12,21H,7-9H2,1-2H3. The highest BCUT2D eigenvalue weighted by atomic mass is 16.3. The zero-order chi connectivity index (χ0) is 15.0. The number of β-amino-alcohol motifs (C(OH)–C–C–N with tert-alkyl or cyclic N) is 1. The highest BCUT2D eigenvalue weighted by Crippen LogP contribution is 2.28. The number of carbonyl (C=O) groups excluding carboxylic acids is 1. The van der Waals surface area contributed by atoms with E-state index in [1.54, 1.807) is 4.40 Å². The zero-order valence-electron chi connectivity index (χ0n) is 12.3. The first-order valence-corrected chi connectivity index (χ1v) is 7.12. The van der Waals surface area contributed by atoms with Crippen LogP contribution in [0.1, 0.15) is 16.9 Å². The molecule has 1 fully saturated rings. The zero-order valence-corrected chi connectivity index (χ0v) is 12.3. The molecule has 1 saturated heterocycles. The Morgan fingerprint density at radius 2 is 2.29 bits per heavy atom. The topological polar surface area (TPSA) is 61.1 Å². The van der Waals surface area contributed by atoms with Gasteiger partial charge in [0.25, 0.3) is 0 Å². The number of fused-ring (bicyclic) bond motifs is 1. The van der Waals surface area contributed by atoms with Crippen molar-refractivity contribution in [3.05, 3.63) is 30.1 Å². The normalized spacial score (nSPS) is 22.4. The van der Waals surface area contributed by atoms with Crippen molar-refractivity contribution >= 4 is 17.8 Å². The summed E-state index contributed by atoms with van der Waals surface area (Å²) < 4.78 is 1.79. The Kier molecular flexibility index (Phi) is 3.65. The van der Waals surface area contributed by atoms with Crippen LogP contribution in [0.3, 0.4) is 0 Å². The molecule has 3 heterocycles. The number of carbonyl (C=O) groups is 1. The van der Waals surface area contributed by atoms with E-state index in [9.17, 15) is 9.90 Å². The van der Waals surface area contributed by atoms with Crippen LogP contribution in [0.25, 0.3) is 5.65 Å². The predicted molar refractivity (Wildman–Crippen MR) is 80.9 cm³/mol. The Balaban J connectivity index is 2.03. The largest absolute Gasteiger partial charge is 0.391 e. The SMILES string of the molecule is CN(C)CC1CC(O)CN1c1nc2ccccn2c1C=O. The van der Waals surface area contributed by atoms with Crippen molar-refractivity contribution in [2.24, 2.45) is 0 Å². The Morgan fingerprint density at radius 1 is 1.48 bits per heavy atom. The molecular weight excluding hydrogens is 268 g/mol. The van der Waals surface area contributed by atoms with E-state index in [0.717, 1.165) is 18.5 Å². The lowest BCUT2D eigenvalue weighted by Crippen LogP contribution is -2.38. The van der Waals surface area contributed by atoms with Gasteiger partial charge in [-0.2, -0.15) is 0 Å². The summed E-state index contributed by atoms with van der Waals surface area (Å²) in [6, 6.07) is 5.82. The van der Waals surface area contributed by atoms with Crippen LogP contribution in [0.15, 0.2) is 24.4 Å². The maximum Gasteiger partial charge on any atom is 0.170 e. The molecule has 6 nitrogen and oxygen atoms in total. The van der Waals surface area contributed by atoms with Crippen molar-refractivity contribution in [3.8, 4) is 0 Å². The molecule has 0 spiro atoms. The van der Waals surface area contributed by atoms with Crippen molar-refractivity contribution in [2.75, 3.05) is 32.1 Å². The van der Waals surface area contributed by atoms with Crippen molar-refractivity contribution in [3.63, 3.8) is 0 Å². The summed E-state index contributed by atoms with van der Waals surface area (Å²) in [6.07, 6.45) is 3.00. The van der Waals surface area contributed by atoms with Crippen LogP contribution in [0.5, 0.6) is 0 Å². The van der Waals surface area contributed by atoms with Gasteiger partial charge in [-0.05, 0) is 32.6 Å². The Hall–Kier alpha value is -1.92. The van der Waals surface area contributed by atoms with Gasteiger partial charge in [-0.25, -0.2) is 4.98 Å². The summed E-state index contributed by atoms with van der Waals surface area (Å²) in [5, 5.41) is 10.00. The fourth-order valence-corrected chi connectivity index (χ4v) is 3.07. The van der Waals surface area contributed by atoms with E-state index in [4.69, 9.17) is 0 Å². The van der Waals surface area contributed by atoms with Gasteiger partial charge in [-0.15, -0.1) is 0 Å². The molecular formula is C15H20N4O2. The number of pyridine rings is 1. The van der Waals surface area contributed by atoms with Crippen molar-refractivity contribution < 1.29 is 9.90 Å². The third-order valence-corrected chi connectivity index (χ3v) is 3.90. The maximum absolute atomic E-state index is 11.5. The molecule has 0 radical (unpaired) electrons. The lowest BCUT2D eigenvalue weighted by Gasteiger charge is -2.27. The predicted octanol–water partition coefficient (Wildman–Crippen LogP) is 0.648. The molecule has 0 aromatic carbocycles. The summed E-state index contributed by atoms with van der Waals surface area (Å²) in [6.45, 7) is 1.34. The second-order valence-corrected chi connectivity index (χ2v) is 5.83. The molecule has 0 amide bonds. The van der Waals surface area contributed by atoms with Gasteiger partial charge >= 0.3 is 0 Å². The average molecular weight is 288 g/mol. The van der Waals surface area contributed by atoms with Gasteiger partial charge in [0.2, 0.25) is 0 Å². The van der Waals surface area contributed by atoms with Gasteiger partial charge in [0.1, 0.15) is 11.3 Å². The number of imidazole rings is 1. The van der Waals surface area contributed by atoms with E-state index in [-0.39, 0.29) is 12.1 Å². The minimum absolute atomic E-state index is 0.165. The van der Waals surface area contributed by atoms with Crippen LogP contribution >= 0.6 is 0 Å². The van der Waals surface area contributed by atoms with Crippen molar-refractivity contribution in [1.82, 2.24) is 14.3 Å². The van der Waals surface area contributed by atoms with E-state index >= 15 is 0 Å². The average Bonchev–Trinajstić information content (AvgIpc) is 2.97. The number of aldehydes is 1. The number of nitrogens with zero attached hydrogens (tertiary/aromatic N) is 4. The lowest BCUT2D eigenvalue weighted by molar-refractivity contribution is 0.111. The molecule has 2 aromatic rings. The molecule has 2 unspecified atom stereocenters. The summed E-state index contributed by atoms with van der Waals surface area (Å²) in [5.74, 6) is 0.666. The summed E-state index contributed by atoms with van der Waals surface area (Å²) in [5.41, 5.74) is 1.29. The third-order valence-electron chi connectivity index (χ3n) is 3.90. The Bertz CT molecular complexity index is 652. The summed E-state index contributed by atoms with van der Waals surface area (Å²) in [4.78, 5) is 20.2. The van der Waals surface area contributed by atoms with Gasteiger partial charge in [0.05, 0.1) is 6.10 Å². The van der Waals surface area contributed by atoms with Crippen molar-refractivity contribution in [1.29, 1.82) is 0 Å². The van der Waals surface area contributed by atoms with Crippen LogP contribution in [0.4, 0.5) is 5.82 Å². The van der Waals surface area contributed by atoms with E-state index in [1.807, 2.05) is 38.5 Å². The highest BCUT2D eigenvalue weighted by molar-refractivity contribution is 5.83. The van der Waals surface area contributed by atoms with Crippen LogP contribution in [-0.4, -0.2) is 65.0 Å². The first-order valence-electron chi connectivity index (χ1n) is 7.12. The Morgan fingerprint density at radius 3 is 3.00 bits per heavy atom. The molecule has 112 valence electrons. The van der Waals surface area contributed by atoms with Crippen LogP contribution < -0.4 is 4.90 Å². The maximum atomic E-state index is 11.5. The van der Waals surface area contributed by atoms with E-state index < -0.39 is 0 Å². The second-order valence-electron chi connectivity index (χ2n) is 5.83. The van der Waals surface area contributed by atoms with E-state index in [1.165, 1.54) is 0 Å². The van der Waals surface area contributed by atoms with E-state index in [0.29, 0.717) is 24.5 Å². The minimum atomic E-state index is -0.376. The summed E-state index contributed by atoms with van der Waals surface area (Å²) >= 11 is 0. The molecule has 0 aliphatic carbocycles. The van der Waals surface area contributed by atoms with Crippen LogP contribution in [0, 0.1) is 0 Å². The van der Waals surface area contributed by atoms with Gasteiger partial charge in [-0.3, -0.25) is 9.20 Å². The van der Waals surface area contributed by atoms with Gasteiger partial charge in [0, 0.05) is 25.3 Å². The lowest BCUT2D eigenvalue weighted by atomic mass is 10.2. The molecule has 2 aromatic heterocycles. The number of hydrogen-bond donors (Lipinski definition) is 1. The molecule has 1 aliphatic rings. The van der Waals surface area contributed by atoms with Gasteiger partial charge in [-0.1, -0.05) is 6.07 Å². The first kappa shape index (κ1) is 14.0. The monoisotopic (exact) mass is 288 g/mol. The quantitative estimate of drug-likeness (QED) is 0.837. The number of aliphatic hydroxyl groups excluding tert-OH is 1. The van der Waals surface area contributed by atoms with E-state index in [2.05, 4.69) is 14.8 Å². The molecule has 2 atom stereocenters. The molecule has 0 saturated carbocycles. The minimum Gasteiger partial charge on any atom is -0.391 e. The molecule has 1 N–H and O–H groups in total. The fourth-order valence-electron chi connectivity index (χ4n) is 3.07. The Labute approximate surface area is 123 Å². The number of aliphatic hydroxyl groups is 1. The van der Waals surface area contributed by atoms with Crippen molar-refractivity contribution in [2.45, 2.75) is 18.6 Å². The fraction of sp³-hybridized carbons (Fsp3) is 0.467. The second kappa shape index (κ2) is 5.46.